The highest BCUT2D eigenvalue weighted by atomic mass is 32.2. The molecular formula is C25H17N5O2S. The number of aromatic nitrogens is 4. The summed E-state index contributed by atoms with van der Waals surface area (Å²) in [4.78, 5) is 35.5. The molecule has 5 aromatic rings. The van der Waals surface area contributed by atoms with Crippen molar-refractivity contribution in [3.05, 3.63) is 105 Å². The van der Waals surface area contributed by atoms with Crippen molar-refractivity contribution in [2.75, 3.05) is 0 Å². The topological polar surface area (TPSA) is 93.6 Å². The molecule has 5 rings (SSSR count). The van der Waals surface area contributed by atoms with Crippen LogP contribution < -0.4 is 11.1 Å². The van der Waals surface area contributed by atoms with Gasteiger partial charge in [0.15, 0.2) is 5.16 Å². The Hall–Kier alpha value is -4.22. The molecule has 3 aromatic carbocycles. The molecule has 0 atom stereocenters. The Bertz CT molecular complexity index is 1680. The zero-order chi connectivity index (χ0) is 22.9. The molecule has 8 heteroatoms. The summed E-state index contributed by atoms with van der Waals surface area (Å²) in [5, 5.41) is 10.7. The van der Waals surface area contributed by atoms with Gasteiger partial charge in [0.1, 0.15) is 5.82 Å². The first-order chi connectivity index (χ1) is 16.1. The number of benzene rings is 3. The Morgan fingerprint density at radius 2 is 1.45 bits per heavy atom. The van der Waals surface area contributed by atoms with Crippen molar-refractivity contribution in [1.82, 2.24) is 19.1 Å². The predicted octanol–water partition coefficient (Wildman–Crippen LogP) is 3.80. The third-order valence-electron chi connectivity index (χ3n) is 5.41. The fourth-order valence-electron chi connectivity index (χ4n) is 3.64. The molecule has 0 unspecified atom stereocenters. The molecule has 33 heavy (non-hydrogen) atoms. The minimum Gasteiger partial charge on any atom is -0.299 e. The molecule has 0 spiro atoms. The summed E-state index contributed by atoms with van der Waals surface area (Å²) in [5.74, 6) is 0.926. The standard InChI is InChI=1S/C25H17N5O2S/c1-29-22(27-20-8-4-2-6-18(20)23(29)31)15-33-25-28-21-9-5-3-7-19(21)24(32)30(25)17-12-10-16(14-26)11-13-17/h2-13H,15H2,1H3. The molecule has 0 saturated heterocycles. The summed E-state index contributed by atoms with van der Waals surface area (Å²) in [6.07, 6.45) is 0. The van der Waals surface area contributed by atoms with E-state index in [9.17, 15) is 9.59 Å². The first-order valence-corrected chi connectivity index (χ1v) is 11.1. The smallest absolute Gasteiger partial charge is 0.266 e. The fraction of sp³-hybridized carbons (Fsp3) is 0.0800. The van der Waals surface area contributed by atoms with E-state index in [-0.39, 0.29) is 11.1 Å². The third-order valence-corrected chi connectivity index (χ3v) is 6.34. The molecule has 0 bridgehead atoms. The SMILES string of the molecule is Cn1c(CSc2nc3ccccc3c(=O)n2-c2ccc(C#N)cc2)nc2ccccc2c1=O. The van der Waals surface area contributed by atoms with Gasteiger partial charge in [0.25, 0.3) is 11.1 Å². The molecule has 0 amide bonds. The van der Waals surface area contributed by atoms with Crippen LogP contribution in [0.3, 0.4) is 0 Å². The lowest BCUT2D eigenvalue weighted by molar-refractivity contribution is 0.779. The molecule has 0 saturated carbocycles. The molecule has 2 aromatic heterocycles. The van der Waals surface area contributed by atoms with E-state index in [4.69, 9.17) is 10.2 Å². The molecular weight excluding hydrogens is 434 g/mol. The summed E-state index contributed by atoms with van der Waals surface area (Å²) >= 11 is 1.33. The molecule has 0 radical (unpaired) electrons. The van der Waals surface area contributed by atoms with Crippen molar-refractivity contribution in [1.29, 1.82) is 5.26 Å². The summed E-state index contributed by atoms with van der Waals surface area (Å²) in [5.41, 5.74) is 2.02. The maximum absolute atomic E-state index is 13.4. The average Bonchev–Trinajstić information content (AvgIpc) is 2.85. The van der Waals surface area contributed by atoms with E-state index in [2.05, 4.69) is 11.1 Å². The Morgan fingerprint density at radius 3 is 2.12 bits per heavy atom. The van der Waals surface area contributed by atoms with Gasteiger partial charge in [0, 0.05) is 7.05 Å². The molecule has 0 aliphatic heterocycles. The summed E-state index contributed by atoms with van der Waals surface area (Å²) < 4.78 is 3.06. The minimum absolute atomic E-state index is 0.118. The predicted molar refractivity (Wildman–Crippen MR) is 129 cm³/mol. The number of fused-ring (bicyclic) bond motifs is 2. The Kier molecular flexibility index (Phi) is 5.24. The van der Waals surface area contributed by atoms with Crippen molar-refractivity contribution < 1.29 is 0 Å². The van der Waals surface area contributed by atoms with Crippen LogP contribution in [0.2, 0.25) is 0 Å². The van der Waals surface area contributed by atoms with Gasteiger partial charge in [-0.3, -0.25) is 18.7 Å². The zero-order valence-corrected chi connectivity index (χ0v) is 18.4. The second kappa shape index (κ2) is 8.37. The molecule has 0 aliphatic carbocycles. The molecule has 160 valence electrons. The minimum atomic E-state index is -0.201. The van der Waals surface area contributed by atoms with E-state index >= 15 is 0 Å². The van der Waals surface area contributed by atoms with Crippen LogP contribution in [0.4, 0.5) is 0 Å². The first-order valence-electron chi connectivity index (χ1n) is 10.2. The molecule has 7 nitrogen and oxygen atoms in total. The number of nitrogens with zero attached hydrogens (tertiary/aromatic N) is 5. The van der Waals surface area contributed by atoms with Crippen LogP contribution in [0.1, 0.15) is 11.4 Å². The van der Waals surface area contributed by atoms with Crippen LogP contribution in [-0.2, 0) is 12.8 Å². The quantitative estimate of drug-likeness (QED) is 0.305. The molecule has 2 heterocycles. The number of nitriles is 1. The van der Waals surface area contributed by atoms with Crippen molar-refractivity contribution in [3.63, 3.8) is 0 Å². The number of para-hydroxylation sites is 2. The average molecular weight is 452 g/mol. The maximum Gasteiger partial charge on any atom is 0.266 e. The largest absolute Gasteiger partial charge is 0.299 e. The Morgan fingerprint density at radius 1 is 0.848 bits per heavy atom. The van der Waals surface area contributed by atoms with Gasteiger partial charge < -0.3 is 0 Å². The van der Waals surface area contributed by atoms with E-state index in [1.807, 2.05) is 24.3 Å². The lowest BCUT2D eigenvalue weighted by atomic mass is 10.2. The van der Waals surface area contributed by atoms with E-state index in [0.717, 1.165) is 0 Å². The maximum atomic E-state index is 13.4. The van der Waals surface area contributed by atoms with Crippen molar-refractivity contribution >= 4 is 33.6 Å². The highest BCUT2D eigenvalue weighted by Crippen LogP contribution is 2.24. The lowest BCUT2D eigenvalue weighted by Gasteiger charge is -2.14. The van der Waals surface area contributed by atoms with Crippen LogP contribution in [-0.4, -0.2) is 19.1 Å². The molecule has 0 fully saturated rings. The van der Waals surface area contributed by atoms with Gasteiger partial charge in [0.2, 0.25) is 0 Å². The van der Waals surface area contributed by atoms with Gasteiger partial charge >= 0.3 is 0 Å². The number of rotatable bonds is 4. The number of hydrogen-bond donors (Lipinski definition) is 0. The molecule has 0 N–H and O–H groups in total. The van der Waals surface area contributed by atoms with Crippen molar-refractivity contribution in [2.24, 2.45) is 7.05 Å². The van der Waals surface area contributed by atoms with Crippen LogP contribution in [0.25, 0.3) is 27.5 Å². The summed E-state index contributed by atoms with van der Waals surface area (Å²) in [6, 6.07) is 23.3. The van der Waals surface area contributed by atoms with Gasteiger partial charge in [-0.2, -0.15) is 5.26 Å². The number of thioether (sulfide) groups is 1. The Labute approximate surface area is 192 Å². The van der Waals surface area contributed by atoms with Crippen LogP contribution in [0.5, 0.6) is 0 Å². The van der Waals surface area contributed by atoms with Crippen molar-refractivity contribution in [3.8, 4) is 11.8 Å². The highest BCUT2D eigenvalue weighted by Gasteiger charge is 2.15. The fourth-order valence-corrected chi connectivity index (χ4v) is 4.64. The van der Waals surface area contributed by atoms with E-state index in [1.165, 1.54) is 20.9 Å². The van der Waals surface area contributed by atoms with Crippen LogP contribution in [0.15, 0.2) is 87.5 Å². The Balaban J connectivity index is 1.63. The van der Waals surface area contributed by atoms with E-state index in [0.29, 0.717) is 49.8 Å². The van der Waals surface area contributed by atoms with Gasteiger partial charge in [-0.05, 0) is 48.5 Å². The van der Waals surface area contributed by atoms with Crippen molar-refractivity contribution in [2.45, 2.75) is 10.9 Å². The third kappa shape index (κ3) is 3.69. The normalized spacial score (nSPS) is 11.0. The molecule has 0 aliphatic rings. The highest BCUT2D eigenvalue weighted by molar-refractivity contribution is 7.98. The lowest BCUT2D eigenvalue weighted by Crippen LogP contribution is -2.23. The summed E-state index contributed by atoms with van der Waals surface area (Å²) in [7, 11) is 1.69. The van der Waals surface area contributed by atoms with E-state index < -0.39 is 0 Å². The monoisotopic (exact) mass is 451 g/mol. The van der Waals surface area contributed by atoms with Crippen LogP contribution in [0, 0.1) is 11.3 Å². The zero-order valence-electron chi connectivity index (χ0n) is 17.6. The summed E-state index contributed by atoms with van der Waals surface area (Å²) in [6.45, 7) is 0. The number of hydrogen-bond acceptors (Lipinski definition) is 6. The van der Waals surface area contributed by atoms with E-state index in [1.54, 1.807) is 55.6 Å². The first kappa shape index (κ1) is 20.7. The van der Waals surface area contributed by atoms with Gasteiger partial charge in [-0.25, -0.2) is 9.97 Å². The second-order valence-corrected chi connectivity index (χ2v) is 8.35. The van der Waals surface area contributed by atoms with Crippen LogP contribution >= 0.6 is 11.8 Å². The van der Waals surface area contributed by atoms with Gasteiger partial charge in [-0.15, -0.1) is 0 Å². The van der Waals surface area contributed by atoms with Gasteiger partial charge in [-0.1, -0.05) is 36.0 Å². The second-order valence-electron chi connectivity index (χ2n) is 7.41. The van der Waals surface area contributed by atoms with Gasteiger partial charge in [0.05, 0.1) is 44.9 Å².